The number of nitrogen functional groups attached to an aromatic ring is 1. The molecule has 9 heteroatoms. The van der Waals surface area contributed by atoms with Gasteiger partial charge in [-0.2, -0.15) is 0 Å². The molecule has 3 rings (SSSR count). The normalized spacial score (nSPS) is 12.2. The van der Waals surface area contributed by atoms with Crippen molar-refractivity contribution in [2.75, 3.05) is 5.84 Å². The van der Waals surface area contributed by atoms with Gasteiger partial charge in [0.2, 0.25) is 16.9 Å². The highest BCUT2D eigenvalue weighted by atomic mass is 32.2. The number of thioether (sulfide) groups is 1. The number of rotatable bonds is 6. The van der Waals surface area contributed by atoms with E-state index in [4.69, 9.17) is 10.3 Å². The second kappa shape index (κ2) is 6.88. The van der Waals surface area contributed by atoms with Crippen LogP contribution in [0, 0.1) is 0 Å². The maximum Gasteiger partial charge on any atom is 0.233 e. The summed E-state index contributed by atoms with van der Waals surface area (Å²) in [5.41, 5.74) is 0. The Morgan fingerprint density at radius 1 is 1.48 bits per heavy atom. The predicted octanol–water partition coefficient (Wildman–Crippen LogP) is 2.11. The van der Waals surface area contributed by atoms with Crippen molar-refractivity contribution in [3.05, 3.63) is 40.8 Å². The number of hydrogen-bond acceptors (Lipinski definition) is 7. The molecule has 120 valence electrons. The fourth-order valence-electron chi connectivity index (χ4n) is 1.87. The van der Waals surface area contributed by atoms with E-state index in [2.05, 4.69) is 15.5 Å². The smallest absolute Gasteiger partial charge is 0.233 e. The average molecular weight is 349 g/mol. The van der Waals surface area contributed by atoms with Gasteiger partial charge in [0.25, 0.3) is 0 Å². The molecule has 0 unspecified atom stereocenters. The third-order valence-electron chi connectivity index (χ3n) is 3.07. The molecule has 23 heavy (non-hydrogen) atoms. The van der Waals surface area contributed by atoms with Crippen LogP contribution in [0.4, 0.5) is 0 Å². The summed E-state index contributed by atoms with van der Waals surface area (Å²) in [7, 11) is 0. The first kappa shape index (κ1) is 15.6. The number of nitrogens with one attached hydrogen (secondary N) is 1. The van der Waals surface area contributed by atoms with Gasteiger partial charge in [-0.05, 0) is 30.5 Å². The van der Waals surface area contributed by atoms with Crippen molar-refractivity contribution in [3.8, 4) is 11.6 Å². The summed E-state index contributed by atoms with van der Waals surface area (Å²) < 4.78 is 6.58. The fraction of sp³-hybridized carbons (Fsp3) is 0.214. The number of amides is 1. The minimum Gasteiger partial charge on any atom is -0.461 e. The van der Waals surface area contributed by atoms with Gasteiger partial charge in [-0.1, -0.05) is 17.8 Å². The molecule has 0 saturated carbocycles. The van der Waals surface area contributed by atoms with Gasteiger partial charge < -0.3 is 15.6 Å². The number of nitrogens with two attached hydrogens (primary N) is 1. The SMILES string of the molecule is C[C@@H](Sc1nnc(-c2ccco2)n1N)C(=O)NCc1cccs1. The van der Waals surface area contributed by atoms with E-state index < -0.39 is 0 Å². The zero-order valence-corrected chi connectivity index (χ0v) is 13.9. The summed E-state index contributed by atoms with van der Waals surface area (Å²) in [6.07, 6.45) is 1.54. The zero-order valence-electron chi connectivity index (χ0n) is 12.3. The molecule has 7 nitrogen and oxygen atoms in total. The maximum atomic E-state index is 12.1. The molecule has 0 radical (unpaired) electrons. The summed E-state index contributed by atoms with van der Waals surface area (Å²) in [6.45, 7) is 2.32. The van der Waals surface area contributed by atoms with Crippen molar-refractivity contribution in [1.29, 1.82) is 0 Å². The molecule has 0 bridgehead atoms. The molecule has 1 atom stereocenters. The fourth-order valence-corrected chi connectivity index (χ4v) is 3.31. The second-order valence-corrected chi connectivity index (χ2v) is 7.05. The highest BCUT2D eigenvalue weighted by Crippen LogP contribution is 2.25. The van der Waals surface area contributed by atoms with Crippen molar-refractivity contribution >= 4 is 29.0 Å². The number of nitrogens with zero attached hydrogens (tertiary/aromatic N) is 3. The van der Waals surface area contributed by atoms with E-state index in [0.29, 0.717) is 23.3 Å². The van der Waals surface area contributed by atoms with Gasteiger partial charge in [-0.3, -0.25) is 4.79 Å². The molecule has 3 N–H and O–H groups in total. The number of furan rings is 1. The van der Waals surface area contributed by atoms with Crippen molar-refractivity contribution in [1.82, 2.24) is 20.2 Å². The van der Waals surface area contributed by atoms with Crippen LogP contribution in [-0.2, 0) is 11.3 Å². The van der Waals surface area contributed by atoms with Crippen LogP contribution in [-0.4, -0.2) is 26.0 Å². The summed E-state index contributed by atoms with van der Waals surface area (Å²) in [6, 6.07) is 7.43. The topological polar surface area (TPSA) is 99.0 Å². The highest BCUT2D eigenvalue weighted by Gasteiger charge is 2.20. The first-order valence-corrected chi connectivity index (χ1v) is 8.62. The molecule has 0 aliphatic heterocycles. The van der Waals surface area contributed by atoms with Crippen LogP contribution in [0.5, 0.6) is 0 Å². The lowest BCUT2D eigenvalue weighted by atomic mass is 10.4. The molecule has 3 aromatic heterocycles. The van der Waals surface area contributed by atoms with Crippen LogP contribution in [0.3, 0.4) is 0 Å². The molecule has 1 amide bonds. The lowest BCUT2D eigenvalue weighted by Crippen LogP contribution is -2.30. The van der Waals surface area contributed by atoms with Gasteiger partial charge in [0.15, 0.2) is 5.76 Å². The molecular formula is C14H15N5O2S2. The molecule has 0 aromatic carbocycles. The second-order valence-electron chi connectivity index (χ2n) is 4.71. The van der Waals surface area contributed by atoms with Crippen molar-refractivity contribution < 1.29 is 9.21 Å². The average Bonchev–Trinajstić information content (AvgIpc) is 3.27. The van der Waals surface area contributed by atoms with Gasteiger partial charge >= 0.3 is 0 Å². The standard InChI is InChI=1S/C14H15N5O2S2/c1-9(13(20)16-8-10-4-3-7-22-10)23-14-18-17-12(19(14)15)11-5-2-6-21-11/h2-7,9H,8,15H2,1H3,(H,16,20)/t9-/m1/s1. The first-order chi connectivity index (χ1) is 11.1. The Kier molecular flexibility index (Phi) is 4.68. The largest absolute Gasteiger partial charge is 0.461 e. The van der Waals surface area contributed by atoms with E-state index in [1.807, 2.05) is 17.5 Å². The monoisotopic (exact) mass is 349 g/mol. The van der Waals surface area contributed by atoms with Crippen LogP contribution < -0.4 is 11.2 Å². The molecule has 3 aromatic rings. The van der Waals surface area contributed by atoms with E-state index in [1.54, 1.807) is 30.4 Å². The van der Waals surface area contributed by atoms with Gasteiger partial charge in [-0.25, -0.2) is 4.68 Å². The molecule has 0 aliphatic carbocycles. The van der Waals surface area contributed by atoms with Crippen LogP contribution in [0.1, 0.15) is 11.8 Å². The van der Waals surface area contributed by atoms with Crippen LogP contribution >= 0.6 is 23.1 Å². The van der Waals surface area contributed by atoms with E-state index in [9.17, 15) is 4.79 Å². The zero-order chi connectivity index (χ0) is 16.2. The van der Waals surface area contributed by atoms with Gasteiger partial charge in [0.1, 0.15) is 0 Å². The van der Waals surface area contributed by atoms with E-state index >= 15 is 0 Å². The molecule has 0 saturated heterocycles. The molecule has 0 fully saturated rings. The summed E-state index contributed by atoms with van der Waals surface area (Å²) >= 11 is 2.85. The van der Waals surface area contributed by atoms with Crippen LogP contribution in [0.25, 0.3) is 11.6 Å². The lowest BCUT2D eigenvalue weighted by Gasteiger charge is -2.10. The quantitative estimate of drug-likeness (QED) is 0.522. The molecule has 3 heterocycles. The van der Waals surface area contributed by atoms with Crippen LogP contribution in [0.2, 0.25) is 0 Å². The summed E-state index contributed by atoms with van der Waals surface area (Å²) in [5, 5.41) is 13.0. The predicted molar refractivity (Wildman–Crippen MR) is 89.4 cm³/mol. The number of carbonyl (C=O) groups excluding carboxylic acids is 1. The van der Waals surface area contributed by atoms with E-state index in [1.165, 1.54) is 22.7 Å². The van der Waals surface area contributed by atoms with E-state index in [-0.39, 0.29) is 11.2 Å². The minimum absolute atomic E-state index is 0.0778. The molecular weight excluding hydrogens is 334 g/mol. The Labute approximate surface area is 140 Å². The van der Waals surface area contributed by atoms with Crippen molar-refractivity contribution in [3.63, 3.8) is 0 Å². The third-order valence-corrected chi connectivity index (χ3v) is 5.01. The summed E-state index contributed by atoms with van der Waals surface area (Å²) in [4.78, 5) is 13.3. The third kappa shape index (κ3) is 3.57. The Balaban J connectivity index is 1.61. The molecule has 0 spiro atoms. The van der Waals surface area contributed by atoms with E-state index in [0.717, 1.165) is 4.88 Å². The van der Waals surface area contributed by atoms with Crippen molar-refractivity contribution in [2.45, 2.75) is 23.9 Å². The van der Waals surface area contributed by atoms with Gasteiger partial charge in [0, 0.05) is 4.88 Å². The Morgan fingerprint density at radius 3 is 3.04 bits per heavy atom. The Morgan fingerprint density at radius 2 is 2.35 bits per heavy atom. The van der Waals surface area contributed by atoms with Crippen molar-refractivity contribution in [2.24, 2.45) is 0 Å². The maximum absolute atomic E-state index is 12.1. The number of carbonyl (C=O) groups is 1. The Hall–Kier alpha value is -2.26. The van der Waals surface area contributed by atoms with Gasteiger partial charge in [-0.15, -0.1) is 21.5 Å². The first-order valence-electron chi connectivity index (χ1n) is 6.86. The minimum atomic E-state index is -0.342. The summed E-state index contributed by atoms with van der Waals surface area (Å²) in [5.74, 6) is 6.85. The van der Waals surface area contributed by atoms with Gasteiger partial charge in [0.05, 0.1) is 18.1 Å². The molecule has 0 aliphatic rings. The number of hydrogen-bond donors (Lipinski definition) is 2. The van der Waals surface area contributed by atoms with Crippen LogP contribution in [0.15, 0.2) is 45.5 Å². The number of aromatic nitrogens is 3. The lowest BCUT2D eigenvalue weighted by molar-refractivity contribution is -0.120. The highest BCUT2D eigenvalue weighted by molar-refractivity contribution is 8.00. The number of thiophene rings is 1. The Bertz CT molecular complexity index is 767.